The smallest absolute Gasteiger partial charge is 0.308 e. The van der Waals surface area contributed by atoms with Crippen LogP contribution in [-0.2, 0) is 20.9 Å². The summed E-state index contributed by atoms with van der Waals surface area (Å²) < 4.78 is 30.6. The molecule has 0 radical (unpaired) electrons. The molecule has 1 amide bonds. The summed E-state index contributed by atoms with van der Waals surface area (Å²) in [7, 11) is 1.45. The third-order valence-corrected chi connectivity index (χ3v) is 8.89. The molecule has 2 aromatic rings. The number of rotatable bonds is 13. The van der Waals surface area contributed by atoms with E-state index in [4.69, 9.17) is 14.2 Å². The number of benzene rings is 2. The van der Waals surface area contributed by atoms with Gasteiger partial charge in [-0.05, 0) is 75.8 Å². The molecule has 1 saturated carbocycles. The predicted molar refractivity (Wildman–Crippen MR) is 156 cm³/mol. The molecule has 41 heavy (non-hydrogen) atoms. The zero-order valence-electron chi connectivity index (χ0n) is 25.0. The minimum atomic E-state index is -0.279. The van der Waals surface area contributed by atoms with Gasteiger partial charge in [-0.2, -0.15) is 0 Å². The molecule has 7 nitrogen and oxygen atoms in total. The highest BCUT2D eigenvalue weighted by molar-refractivity contribution is 5.80. The van der Waals surface area contributed by atoms with Crippen LogP contribution < -0.4 is 14.8 Å². The Morgan fingerprint density at radius 1 is 1.02 bits per heavy atom. The Hall–Kier alpha value is -3.13. The van der Waals surface area contributed by atoms with Crippen molar-refractivity contribution in [1.82, 2.24) is 4.90 Å². The van der Waals surface area contributed by atoms with Crippen molar-refractivity contribution in [3.05, 3.63) is 47.8 Å². The van der Waals surface area contributed by atoms with E-state index in [1.807, 2.05) is 13.8 Å². The molecule has 1 heterocycles. The summed E-state index contributed by atoms with van der Waals surface area (Å²) in [6.45, 7) is 9.61. The molecule has 2 aromatic carbocycles. The summed E-state index contributed by atoms with van der Waals surface area (Å²) in [6, 6.07) is 10.8. The Morgan fingerprint density at radius 3 is 2.22 bits per heavy atom. The lowest BCUT2D eigenvalue weighted by Gasteiger charge is -2.35. The number of carbonyl (C=O) groups excluding carboxylic acids is 2. The minimum absolute atomic E-state index is 0.00775. The maximum Gasteiger partial charge on any atom is 0.308 e. The Bertz CT molecular complexity index is 1150. The lowest BCUT2D eigenvalue weighted by molar-refractivity contribution is -0.672. The van der Waals surface area contributed by atoms with E-state index in [1.165, 1.54) is 19.2 Å². The van der Waals surface area contributed by atoms with Gasteiger partial charge in [-0.3, -0.25) is 9.59 Å². The van der Waals surface area contributed by atoms with Crippen molar-refractivity contribution < 1.29 is 33.5 Å². The summed E-state index contributed by atoms with van der Waals surface area (Å²) >= 11 is 0. The number of ether oxygens (including phenoxy) is 3. The highest BCUT2D eigenvalue weighted by Crippen LogP contribution is 2.42. The number of nitrogens with two attached hydrogens (primary N) is 1. The molecule has 0 spiro atoms. The number of amides is 1. The van der Waals surface area contributed by atoms with Crippen LogP contribution in [0.5, 0.6) is 11.5 Å². The maximum atomic E-state index is 13.6. The average molecular weight is 570 g/mol. The van der Waals surface area contributed by atoms with E-state index in [2.05, 4.69) is 29.3 Å². The lowest BCUT2D eigenvalue weighted by atomic mass is 9.80. The first-order valence-corrected chi connectivity index (χ1v) is 15.2. The first-order valence-electron chi connectivity index (χ1n) is 15.2. The van der Waals surface area contributed by atoms with Crippen molar-refractivity contribution in [3.8, 4) is 22.6 Å². The number of hydrogen-bond acceptors (Lipinski definition) is 5. The molecule has 1 unspecified atom stereocenters. The van der Waals surface area contributed by atoms with Gasteiger partial charge >= 0.3 is 5.97 Å². The molecule has 2 aliphatic rings. The largest absolute Gasteiger partial charge is 0.493 e. The van der Waals surface area contributed by atoms with E-state index in [0.29, 0.717) is 19.6 Å². The SMILES string of the molecule is CCOc1cc(C[NH2+]CCC2(CC)CC(=O)N(C3CCC(C(=O)OC)CC3)C2)cc(OCC)c1-c1ccc(F)cc1. The van der Waals surface area contributed by atoms with Gasteiger partial charge < -0.3 is 24.4 Å². The standard InChI is InChI=1S/C33H45FN2O5/c1-5-33(20-30(37)36(22-33)27-14-10-25(11-15-27)32(38)39-4)16-17-35-21-23-18-28(40-6-2)31(29(19-23)41-7-3)24-8-12-26(34)13-9-24/h8-9,12-13,18-19,25,27,35H,5-7,10-11,14-17,20-22H2,1-4H3/p+1. The first-order chi connectivity index (χ1) is 19.8. The van der Waals surface area contributed by atoms with Crippen LogP contribution in [0.3, 0.4) is 0 Å². The van der Waals surface area contributed by atoms with E-state index >= 15 is 0 Å². The molecular weight excluding hydrogens is 523 g/mol. The van der Waals surface area contributed by atoms with Crippen LogP contribution in [-0.4, -0.2) is 56.2 Å². The van der Waals surface area contributed by atoms with Crippen molar-refractivity contribution in [2.45, 2.75) is 78.3 Å². The van der Waals surface area contributed by atoms with Gasteiger partial charge in [-0.1, -0.05) is 19.1 Å². The third-order valence-electron chi connectivity index (χ3n) is 8.89. The monoisotopic (exact) mass is 569 g/mol. The summed E-state index contributed by atoms with van der Waals surface area (Å²) in [5, 5.41) is 2.30. The number of hydrogen-bond donors (Lipinski definition) is 1. The highest BCUT2D eigenvalue weighted by atomic mass is 19.1. The normalized spacial score (nSPS) is 22.6. The summed E-state index contributed by atoms with van der Waals surface area (Å²) in [5.41, 5.74) is 2.78. The second kappa shape index (κ2) is 14.2. The number of methoxy groups -OCH3 is 1. The lowest BCUT2D eigenvalue weighted by Crippen LogP contribution is -2.83. The van der Waals surface area contributed by atoms with E-state index < -0.39 is 0 Å². The molecule has 2 N–H and O–H groups in total. The van der Waals surface area contributed by atoms with Gasteiger partial charge in [0.2, 0.25) is 5.91 Å². The van der Waals surface area contributed by atoms with Crippen molar-refractivity contribution >= 4 is 11.9 Å². The van der Waals surface area contributed by atoms with Gasteiger partial charge in [0.25, 0.3) is 0 Å². The summed E-state index contributed by atoms with van der Waals surface area (Å²) in [4.78, 5) is 27.1. The molecule has 1 atom stereocenters. The molecular formula is C33H46FN2O5+. The summed E-state index contributed by atoms with van der Waals surface area (Å²) in [6.07, 6.45) is 5.86. The maximum absolute atomic E-state index is 13.6. The molecule has 1 aliphatic carbocycles. The van der Waals surface area contributed by atoms with Crippen LogP contribution >= 0.6 is 0 Å². The first kappa shape index (κ1) is 30.8. The van der Waals surface area contributed by atoms with E-state index in [-0.39, 0.29) is 35.1 Å². The molecule has 0 bridgehead atoms. The number of halogens is 1. The van der Waals surface area contributed by atoms with Gasteiger partial charge in [0, 0.05) is 36.4 Å². The van der Waals surface area contributed by atoms with E-state index in [0.717, 1.165) is 86.3 Å². The van der Waals surface area contributed by atoms with Crippen LogP contribution in [0.2, 0.25) is 0 Å². The average Bonchev–Trinajstić information content (AvgIpc) is 3.32. The van der Waals surface area contributed by atoms with Gasteiger partial charge in [-0.25, -0.2) is 4.39 Å². The van der Waals surface area contributed by atoms with Gasteiger partial charge in [0.05, 0.1) is 38.3 Å². The quantitative estimate of drug-likeness (QED) is 0.268. The third kappa shape index (κ3) is 7.39. The fourth-order valence-corrected chi connectivity index (χ4v) is 6.51. The van der Waals surface area contributed by atoms with Crippen LogP contribution in [0.25, 0.3) is 11.1 Å². The molecule has 0 aromatic heterocycles. The van der Waals surface area contributed by atoms with Crippen molar-refractivity contribution in [2.75, 3.05) is 33.4 Å². The van der Waals surface area contributed by atoms with E-state index in [9.17, 15) is 14.0 Å². The zero-order valence-corrected chi connectivity index (χ0v) is 25.0. The van der Waals surface area contributed by atoms with Gasteiger partial charge in [-0.15, -0.1) is 0 Å². The minimum Gasteiger partial charge on any atom is -0.493 e. The predicted octanol–water partition coefficient (Wildman–Crippen LogP) is 5.10. The molecule has 2 fully saturated rings. The van der Waals surface area contributed by atoms with Crippen molar-refractivity contribution in [1.29, 1.82) is 0 Å². The number of nitrogens with zero attached hydrogens (tertiary/aromatic N) is 1. The number of carbonyl (C=O) groups is 2. The second-order valence-electron chi connectivity index (χ2n) is 11.5. The van der Waals surface area contributed by atoms with Crippen molar-refractivity contribution in [2.24, 2.45) is 11.3 Å². The number of quaternary nitrogens is 1. The van der Waals surface area contributed by atoms with E-state index in [1.54, 1.807) is 12.1 Å². The number of likely N-dealkylation sites (tertiary alicyclic amines) is 1. The van der Waals surface area contributed by atoms with Crippen LogP contribution in [0.4, 0.5) is 4.39 Å². The highest BCUT2D eigenvalue weighted by Gasteiger charge is 2.45. The second-order valence-corrected chi connectivity index (χ2v) is 11.5. The Kier molecular flexibility index (Phi) is 10.6. The summed E-state index contributed by atoms with van der Waals surface area (Å²) in [5.74, 6) is 1.29. The topological polar surface area (TPSA) is 81.7 Å². The molecule has 8 heteroatoms. The van der Waals surface area contributed by atoms with Crippen LogP contribution in [0.15, 0.2) is 36.4 Å². The Morgan fingerprint density at radius 2 is 1.66 bits per heavy atom. The van der Waals surface area contributed by atoms with Crippen LogP contribution in [0.1, 0.15) is 71.3 Å². The molecule has 1 saturated heterocycles. The van der Waals surface area contributed by atoms with Crippen molar-refractivity contribution in [3.63, 3.8) is 0 Å². The zero-order chi connectivity index (χ0) is 29.4. The number of esters is 1. The Labute approximate surface area is 243 Å². The molecule has 4 rings (SSSR count). The fraction of sp³-hybridized carbons (Fsp3) is 0.576. The molecule has 224 valence electrons. The molecule has 1 aliphatic heterocycles. The Balaban J connectivity index is 1.38. The fourth-order valence-electron chi connectivity index (χ4n) is 6.51. The van der Waals surface area contributed by atoms with Gasteiger partial charge in [0.1, 0.15) is 23.9 Å². The van der Waals surface area contributed by atoms with Gasteiger partial charge in [0.15, 0.2) is 0 Å². The van der Waals surface area contributed by atoms with Crippen LogP contribution in [0, 0.1) is 17.2 Å².